The van der Waals surface area contributed by atoms with Crippen molar-refractivity contribution < 1.29 is 18.1 Å². The van der Waals surface area contributed by atoms with Gasteiger partial charge in [-0.3, -0.25) is 4.55 Å². The maximum atomic E-state index is 10.6. The summed E-state index contributed by atoms with van der Waals surface area (Å²) in [6, 6.07) is 4.49. The molecule has 0 saturated carbocycles. The number of benzene rings is 1. The third kappa shape index (κ3) is 2.99. The zero-order valence-electron chi connectivity index (χ0n) is 7.34. The van der Waals surface area contributed by atoms with Crippen LogP contribution in [0.4, 0.5) is 5.69 Å². The predicted molar refractivity (Wildman–Crippen MR) is 52.0 cm³/mol. The van der Waals surface area contributed by atoms with E-state index in [1.54, 1.807) is 6.07 Å². The van der Waals surface area contributed by atoms with Crippen LogP contribution in [0.5, 0.6) is 0 Å². The first-order chi connectivity index (χ1) is 6.42. The molecule has 0 aliphatic heterocycles. The van der Waals surface area contributed by atoms with Crippen LogP contribution >= 0.6 is 0 Å². The molecule has 0 aliphatic rings. The fourth-order valence-corrected chi connectivity index (χ4v) is 1.79. The normalized spacial score (nSPS) is 11.6. The first-order valence-electron chi connectivity index (χ1n) is 3.85. The van der Waals surface area contributed by atoms with Crippen molar-refractivity contribution >= 4 is 15.8 Å². The second kappa shape index (κ2) is 3.95. The van der Waals surface area contributed by atoms with Gasteiger partial charge < -0.3 is 10.8 Å². The van der Waals surface area contributed by atoms with Crippen LogP contribution < -0.4 is 5.73 Å². The second-order valence-electron chi connectivity index (χ2n) is 2.91. The van der Waals surface area contributed by atoms with Gasteiger partial charge in [0, 0.05) is 5.69 Å². The molecule has 14 heavy (non-hydrogen) atoms. The number of aliphatic hydroxyl groups is 1. The highest BCUT2D eigenvalue weighted by Crippen LogP contribution is 2.16. The Hall–Kier alpha value is -1.11. The maximum Gasteiger partial charge on any atom is 0.269 e. The first kappa shape index (κ1) is 11.0. The standard InChI is InChI=1S/C8H11NO4S/c9-8-2-1-6(4-10)7(3-8)5-14(11,12)13/h1-3,10H,4-5,9H2,(H,11,12,13). The molecule has 1 aromatic rings. The van der Waals surface area contributed by atoms with Crippen LogP contribution in [0.3, 0.4) is 0 Å². The van der Waals surface area contributed by atoms with Gasteiger partial charge in [-0.05, 0) is 23.3 Å². The van der Waals surface area contributed by atoms with Crippen LogP contribution in [0.15, 0.2) is 18.2 Å². The fourth-order valence-electron chi connectivity index (χ4n) is 1.13. The molecule has 4 N–H and O–H groups in total. The highest BCUT2D eigenvalue weighted by molar-refractivity contribution is 7.85. The van der Waals surface area contributed by atoms with Crippen molar-refractivity contribution in [3.05, 3.63) is 29.3 Å². The van der Waals surface area contributed by atoms with Gasteiger partial charge >= 0.3 is 0 Å². The highest BCUT2D eigenvalue weighted by atomic mass is 32.2. The van der Waals surface area contributed by atoms with Gasteiger partial charge in [0.25, 0.3) is 10.1 Å². The molecule has 5 nitrogen and oxygen atoms in total. The number of rotatable bonds is 3. The summed E-state index contributed by atoms with van der Waals surface area (Å²) >= 11 is 0. The second-order valence-corrected chi connectivity index (χ2v) is 4.37. The molecule has 0 saturated heterocycles. The Balaban J connectivity index is 3.11. The summed E-state index contributed by atoms with van der Waals surface area (Å²) in [6.07, 6.45) is 0. The van der Waals surface area contributed by atoms with E-state index in [0.29, 0.717) is 16.8 Å². The minimum Gasteiger partial charge on any atom is -0.399 e. The molecule has 0 heterocycles. The molecule has 0 unspecified atom stereocenters. The topological polar surface area (TPSA) is 101 Å². The minimum atomic E-state index is -4.09. The van der Waals surface area contributed by atoms with E-state index in [0.717, 1.165) is 0 Å². The van der Waals surface area contributed by atoms with E-state index >= 15 is 0 Å². The molecule has 6 heteroatoms. The van der Waals surface area contributed by atoms with Gasteiger partial charge in [0.05, 0.1) is 6.61 Å². The summed E-state index contributed by atoms with van der Waals surface area (Å²) in [5.74, 6) is -0.534. The van der Waals surface area contributed by atoms with Crippen LogP contribution in [0.25, 0.3) is 0 Å². The largest absolute Gasteiger partial charge is 0.399 e. The lowest BCUT2D eigenvalue weighted by Crippen LogP contribution is -2.05. The summed E-state index contributed by atoms with van der Waals surface area (Å²) < 4.78 is 29.9. The molecule has 0 radical (unpaired) electrons. The van der Waals surface area contributed by atoms with Gasteiger partial charge in [-0.25, -0.2) is 0 Å². The lowest BCUT2D eigenvalue weighted by Gasteiger charge is -2.06. The Bertz CT molecular complexity index is 427. The highest BCUT2D eigenvalue weighted by Gasteiger charge is 2.10. The van der Waals surface area contributed by atoms with Crippen LogP contribution in [-0.2, 0) is 22.5 Å². The number of nitrogens with two attached hydrogens (primary N) is 1. The van der Waals surface area contributed by atoms with E-state index in [1.165, 1.54) is 12.1 Å². The lowest BCUT2D eigenvalue weighted by molar-refractivity contribution is 0.281. The molecular formula is C8H11NO4S. The SMILES string of the molecule is Nc1ccc(CO)c(CS(=O)(=O)O)c1. The van der Waals surface area contributed by atoms with Gasteiger partial charge in [0.15, 0.2) is 0 Å². The van der Waals surface area contributed by atoms with Crippen molar-refractivity contribution in [2.24, 2.45) is 0 Å². The molecule has 0 aromatic heterocycles. The quantitative estimate of drug-likeness (QED) is 0.494. The maximum absolute atomic E-state index is 10.6. The zero-order valence-corrected chi connectivity index (χ0v) is 8.16. The number of anilines is 1. The van der Waals surface area contributed by atoms with E-state index < -0.39 is 15.9 Å². The molecule has 1 rings (SSSR count). The third-order valence-corrected chi connectivity index (χ3v) is 2.41. The molecule has 0 aliphatic carbocycles. The summed E-state index contributed by atoms with van der Waals surface area (Å²) in [5, 5.41) is 8.89. The van der Waals surface area contributed by atoms with E-state index in [2.05, 4.69) is 0 Å². The average molecular weight is 217 g/mol. The molecule has 78 valence electrons. The van der Waals surface area contributed by atoms with E-state index in [-0.39, 0.29) is 6.61 Å². The number of nitrogen functional groups attached to an aromatic ring is 1. The number of hydrogen-bond donors (Lipinski definition) is 3. The first-order valence-corrected chi connectivity index (χ1v) is 5.46. The molecule has 0 amide bonds. The lowest BCUT2D eigenvalue weighted by atomic mass is 10.1. The van der Waals surface area contributed by atoms with Crippen molar-refractivity contribution in [1.29, 1.82) is 0 Å². The average Bonchev–Trinajstić information content (AvgIpc) is 2.01. The Morgan fingerprint density at radius 2 is 1.93 bits per heavy atom. The zero-order chi connectivity index (χ0) is 10.8. The van der Waals surface area contributed by atoms with Crippen LogP contribution in [0.1, 0.15) is 11.1 Å². The van der Waals surface area contributed by atoms with Crippen molar-refractivity contribution in [1.82, 2.24) is 0 Å². The van der Waals surface area contributed by atoms with Crippen molar-refractivity contribution in [2.75, 3.05) is 5.73 Å². The molecule has 0 spiro atoms. The van der Waals surface area contributed by atoms with Crippen LogP contribution in [0, 0.1) is 0 Å². The number of hydrogen-bond acceptors (Lipinski definition) is 4. The van der Waals surface area contributed by atoms with Gasteiger partial charge in [0.2, 0.25) is 0 Å². The molecule has 0 atom stereocenters. The fraction of sp³-hybridized carbons (Fsp3) is 0.250. The predicted octanol–water partition coefficient (Wildman–Crippen LogP) is 0.149. The van der Waals surface area contributed by atoms with Gasteiger partial charge in [-0.2, -0.15) is 8.42 Å². The van der Waals surface area contributed by atoms with E-state index in [9.17, 15) is 8.42 Å². The van der Waals surface area contributed by atoms with Crippen molar-refractivity contribution in [3.63, 3.8) is 0 Å². The summed E-state index contributed by atoms with van der Waals surface area (Å²) in [4.78, 5) is 0. The molecule has 0 fully saturated rings. The Labute approximate surface area is 81.9 Å². The molecule has 0 bridgehead atoms. The van der Waals surface area contributed by atoms with E-state index in [1.807, 2.05) is 0 Å². The van der Waals surface area contributed by atoms with Gasteiger partial charge in [-0.1, -0.05) is 6.07 Å². The van der Waals surface area contributed by atoms with Crippen LogP contribution in [0.2, 0.25) is 0 Å². The van der Waals surface area contributed by atoms with Crippen molar-refractivity contribution in [3.8, 4) is 0 Å². The van der Waals surface area contributed by atoms with Crippen LogP contribution in [-0.4, -0.2) is 18.1 Å². The Kier molecular flexibility index (Phi) is 3.10. The summed E-state index contributed by atoms with van der Waals surface area (Å²) in [6.45, 7) is -0.287. The van der Waals surface area contributed by atoms with Gasteiger partial charge in [0.1, 0.15) is 5.75 Å². The minimum absolute atomic E-state index is 0.287. The smallest absolute Gasteiger partial charge is 0.269 e. The van der Waals surface area contributed by atoms with Gasteiger partial charge in [-0.15, -0.1) is 0 Å². The van der Waals surface area contributed by atoms with Crippen molar-refractivity contribution in [2.45, 2.75) is 12.4 Å². The summed E-state index contributed by atoms with van der Waals surface area (Å²) in [7, 11) is -4.09. The molecular weight excluding hydrogens is 206 g/mol. The monoisotopic (exact) mass is 217 g/mol. The Morgan fingerprint density at radius 3 is 2.43 bits per heavy atom. The molecule has 1 aromatic carbocycles. The van der Waals surface area contributed by atoms with E-state index in [4.69, 9.17) is 15.4 Å². The summed E-state index contributed by atoms with van der Waals surface area (Å²) in [5.41, 5.74) is 6.59. The number of aliphatic hydroxyl groups excluding tert-OH is 1. The Morgan fingerprint density at radius 1 is 1.29 bits per heavy atom. The third-order valence-electron chi connectivity index (χ3n) is 1.74.